The minimum absolute atomic E-state index is 0.0733. The minimum atomic E-state index is -4.53. The van der Waals surface area contributed by atoms with Crippen LogP contribution in [0.2, 0.25) is 0 Å². The van der Waals surface area contributed by atoms with Gasteiger partial charge in [-0.1, -0.05) is 6.07 Å². The molecule has 2 aromatic rings. The van der Waals surface area contributed by atoms with Crippen molar-refractivity contribution >= 4 is 17.9 Å². The van der Waals surface area contributed by atoms with E-state index in [1.807, 2.05) is 0 Å². The lowest BCUT2D eigenvalue weighted by Gasteiger charge is -2.25. The highest BCUT2D eigenvalue weighted by molar-refractivity contribution is 5.99. The van der Waals surface area contributed by atoms with Crippen molar-refractivity contribution in [1.82, 2.24) is 0 Å². The van der Waals surface area contributed by atoms with E-state index >= 15 is 0 Å². The molecule has 1 aliphatic rings. The predicted molar refractivity (Wildman–Crippen MR) is 93.6 cm³/mol. The first-order valence-corrected chi connectivity index (χ1v) is 8.05. The van der Waals surface area contributed by atoms with Crippen LogP contribution in [0.1, 0.15) is 22.8 Å². The first-order chi connectivity index (χ1) is 13.3. The molecule has 1 atom stereocenters. The van der Waals surface area contributed by atoms with Crippen LogP contribution in [0.25, 0.3) is 0 Å². The van der Waals surface area contributed by atoms with E-state index in [-0.39, 0.29) is 28.6 Å². The molecule has 0 spiro atoms. The number of ether oxygens (including phenoxy) is 4. The number of carbonyl (C=O) groups excluding carboxylic acids is 1. The Morgan fingerprint density at radius 3 is 2.36 bits per heavy atom. The number of hydrogen-bond donors (Lipinski definition) is 0. The van der Waals surface area contributed by atoms with E-state index in [0.717, 1.165) is 12.1 Å². The summed E-state index contributed by atoms with van der Waals surface area (Å²) in [6.45, 7) is 0. The van der Waals surface area contributed by atoms with E-state index < -0.39 is 17.8 Å². The molecule has 0 amide bonds. The molecule has 9 heteroatoms. The van der Waals surface area contributed by atoms with Gasteiger partial charge in [0.25, 0.3) is 0 Å². The van der Waals surface area contributed by atoms with Crippen LogP contribution < -0.4 is 14.2 Å². The first kappa shape index (κ1) is 19.5. The predicted octanol–water partition coefficient (Wildman–Crippen LogP) is 4.08. The van der Waals surface area contributed by atoms with Gasteiger partial charge in [0.15, 0.2) is 23.9 Å². The summed E-state index contributed by atoms with van der Waals surface area (Å²) in [6, 6.07) is 6.00. The summed E-state index contributed by atoms with van der Waals surface area (Å²) in [5.74, 6) is 0.575. The van der Waals surface area contributed by atoms with Crippen LogP contribution in [-0.2, 0) is 15.7 Å². The number of halogens is 3. The maximum Gasteiger partial charge on any atom is 0.416 e. The van der Waals surface area contributed by atoms with Crippen molar-refractivity contribution in [3.8, 4) is 17.2 Å². The van der Waals surface area contributed by atoms with Crippen LogP contribution in [-0.4, -0.2) is 33.5 Å². The van der Waals surface area contributed by atoms with E-state index in [1.54, 1.807) is 0 Å². The Bertz CT molecular complexity index is 940. The highest BCUT2D eigenvalue weighted by Crippen LogP contribution is 2.50. The van der Waals surface area contributed by atoms with Crippen LogP contribution in [0, 0.1) is 0 Å². The molecule has 0 fully saturated rings. The second-order valence-corrected chi connectivity index (χ2v) is 5.75. The number of alkyl halides is 3. The number of benzene rings is 2. The number of fused-ring (bicyclic) bond motifs is 1. The third-order valence-corrected chi connectivity index (χ3v) is 4.15. The van der Waals surface area contributed by atoms with Gasteiger partial charge in [-0.3, -0.25) is 4.79 Å². The third kappa shape index (κ3) is 3.35. The van der Waals surface area contributed by atoms with Gasteiger partial charge >= 0.3 is 6.18 Å². The van der Waals surface area contributed by atoms with Crippen molar-refractivity contribution in [3.63, 3.8) is 0 Å². The molecule has 0 bridgehead atoms. The van der Waals surface area contributed by atoms with Crippen molar-refractivity contribution in [2.45, 2.75) is 12.3 Å². The molecule has 1 unspecified atom stereocenters. The smallest absolute Gasteiger partial charge is 0.416 e. The van der Waals surface area contributed by atoms with Gasteiger partial charge in [-0.15, -0.1) is 0 Å². The Balaban J connectivity index is 2.22. The van der Waals surface area contributed by atoms with Crippen LogP contribution in [0.5, 0.6) is 17.2 Å². The van der Waals surface area contributed by atoms with Gasteiger partial charge in [-0.2, -0.15) is 13.2 Å². The van der Waals surface area contributed by atoms with Gasteiger partial charge < -0.3 is 18.9 Å². The van der Waals surface area contributed by atoms with E-state index in [2.05, 4.69) is 4.99 Å². The Labute approximate surface area is 158 Å². The van der Waals surface area contributed by atoms with Crippen molar-refractivity contribution in [1.29, 1.82) is 0 Å². The SMILES string of the molecule is COc1cc2c(c(OC)c1OC)N=C(c1cccc(C(F)(F)F)c1)OC2C=O. The number of aliphatic imine (C=N–C) groups is 1. The van der Waals surface area contributed by atoms with Gasteiger partial charge in [-0.05, 0) is 24.3 Å². The Kier molecular flexibility index (Phi) is 5.17. The zero-order valence-electron chi connectivity index (χ0n) is 15.2. The highest BCUT2D eigenvalue weighted by Gasteiger charge is 2.33. The van der Waals surface area contributed by atoms with Gasteiger partial charge in [0.1, 0.15) is 5.69 Å². The summed E-state index contributed by atoms with van der Waals surface area (Å²) in [5, 5.41) is 0. The second kappa shape index (κ2) is 7.41. The van der Waals surface area contributed by atoms with Gasteiger partial charge in [0.2, 0.25) is 11.6 Å². The van der Waals surface area contributed by atoms with E-state index in [1.165, 1.54) is 39.5 Å². The Morgan fingerprint density at radius 1 is 1.07 bits per heavy atom. The summed E-state index contributed by atoms with van der Waals surface area (Å²) >= 11 is 0. The zero-order valence-corrected chi connectivity index (χ0v) is 15.2. The highest BCUT2D eigenvalue weighted by atomic mass is 19.4. The zero-order chi connectivity index (χ0) is 20.5. The molecule has 3 rings (SSSR count). The molecule has 0 saturated heterocycles. The molecular formula is C19H16F3NO5. The molecule has 28 heavy (non-hydrogen) atoms. The molecule has 2 aromatic carbocycles. The molecule has 0 radical (unpaired) electrons. The maximum absolute atomic E-state index is 13.0. The lowest BCUT2D eigenvalue weighted by Crippen LogP contribution is -2.19. The largest absolute Gasteiger partial charge is 0.493 e. The summed E-state index contributed by atoms with van der Waals surface area (Å²) in [6.07, 6.45) is -5.11. The number of nitrogens with zero attached hydrogens (tertiary/aromatic N) is 1. The molecule has 0 aliphatic carbocycles. The van der Waals surface area contributed by atoms with Crippen molar-refractivity contribution in [2.75, 3.05) is 21.3 Å². The Morgan fingerprint density at radius 2 is 1.79 bits per heavy atom. The van der Waals surface area contributed by atoms with E-state index in [0.29, 0.717) is 17.6 Å². The van der Waals surface area contributed by atoms with Crippen molar-refractivity contribution < 1.29 is 36.9 Å². The molecular weight excluding hydrogens is 379 g/mol. The van der Waals surface area contributed by atoms with Crippen LogP contribution in [0.3, 0.4) is 0 Å². The monoisotopic (exact) mass is 395 g/mol. The molecule has 0 saturated carbocycles. The lowest BCUT2D eigenvalue weighted by atomic mass is 10.0. The molecule has 0 aromatic heterocycles. The van der Waals surface area contributed by atoms with Crippen LogP contribution in [0.4, 0.5) is 18.9 Å². The standard InChI is InChI=1S/C19H16F3NO5/c1-25-13-8-12-14(9-24)28-18(23-15(12)17(27-3)16(13)26-2)10-5-4-6-11(7-10)19(20,21)22/h4-9,14H,1-3H3. The fraction of sp³-hybridized carbons (Fsp3) is 0.263. The number of rotatable bonds is 5. The Hall–Kier alpha value is -3.23. The summed E-state index contributed by atoms with van der Waals surface area (Å²) < 4.78 is 60.6. The van der Waals surface area contributed by atoms with Crippen LogP contribution >= 0.6 is 0 Å². The maximum atomic E-state index is 13.0. The summed E-state index contributed by atoms with van der Waals surface area (Å²) in [7, 11) is 4.20. The molecule has 148 valence electrons. The minimum Gasteiger partial charge on any atom is -0.493 e. The van der Waals surface area contributed by atoms with Crippen molar-refractivity contribution in [2.24, 2.45) is 4.99 Å². The molecule has 0 N–H and O–H groups in total. The molecule has 1 heterocycles. The van der Waals surface area contributed by atoms with Crippen LogP contribution in [0.15, 0.2) is 35.3 Å². The fourth-order valence-electron chi connectivity index (χ4n) is 2.87. The number of methoxy groups -OCH3 is 3. The van der Waals surface area contributed by atoms with E-state index in [4.69, 9.17) is 18.9 Å². The van der Waals surface area contributed by atoms with Gasteiger partial charge in [0, 0.05) is 11.1 Å². The average molecular weight is 395 g/mol. The molecule has 6 nitrogen and oxygen atoms in total. The molecule has 1 aliphatic heterocycles. The summed E-state index contributed by atoms with van der Waals surface area (Å²) in [4.78, 5) is 15.9. The topological polar surface area (TPSA) is 66.3 Å². The lowest BCUT2D eigenvalue weighted by molar-refractivity contribution is -0.137. The number of hydrogen-bond acceptors (Lipinski definition) is 6. The van der Waals surface area contributed by atoms with Crippen molar-refractivity contribution in [3.05, 3.63) is 47.0 Å². The fourth-order valence-corrected chi connectivity index (χ4v) is 2.87. The normalized spacial score (nSPS) is 15.8. The quantitative estimate of drug-likeness (QED) is 0.714. The van der Waals surface area contributed by atoms with Gasteiger partial charge in [0.05, 0.1) is 26.9 Å². The van der Waals surface area contributed by atoms with E-state index in [9.17, 15) is 18.0 Å². The van der Waals surface area contributed by atoms with Gasteiger partial charge in [-0.25, -0.2) is 4.99 Å². The second-order valence-electron chi connectivity index (χ2n) is 5.75. The average Bonchev–Trinajstić information content (AvgIpc) is 2.70. The number of aldehydes is 1. The first-order valence-electron chi connectivity index (χ1n) is 8.05. The third-order valence-electron chi connectivity index (χ3n) is 4.15. The summed E-state index contributed by atoms with van der Waals surface area (Å²) in [5.41, 5.74) is -0.218. The number of carbonyl (C=O) groups is 1.